The molecule has 0 aromatic heterocycles. The molecule has 0 saturated heterocycles. The number of benzene rings is 2. The minimum absolute atomic E-state index is 0.0270. The van der Waals surface area contributed by atoms with Gasteiger partial charge in [-0.1, -0.05) is 81.4 Å². The van der Waals surface area contributed by atoms with E-state index in [0.717, 1.165) is 19.4 Å². The standard InChI is InChI=1S/C22H29NOSSi/c1-22(2,3)26(19-11-7-5-8-12-19,20-13-9-6-10-14-20)24-18-15-16-21(25-4)23-17-18/h5-14,18H,15-17H2,1-4H3. The van der Waals surface area contributed by atoms with Crippen molar-refractivity contribution in [2.75, 3.05) is 12.8 Å². The number of hydrogen-bond donors (Lipinski definition) is 0. The molecule has 138 valence electrons. The lowest BCUT2D eigenvalue weighted by Gasteiger charge is -2.45. The maximum Gasteiger partial charge on any atom is 0.261 e. The first-order chi connectivity index (χ1) is 12.5. The first-order valence-corrected chi connectivity index (χ1v) is 12.5. The molecule has 3 rings (SSSR count). The van der Waals surface area contributed by atoms with Crippen molar-refractivity contribution < 1.29 is 4.43 Å². The molecule has 2 nitrogen and oxygen atoms in total. The summed E-state index contributed by atoms with van der Waals surface area (Å²) in [6, 6.07) is 21.7. The molecule has 26 heavy (non-hydrogen) atoms. The van der Waals surface area contributed by atoms with Crippen molar-refractivity contribution in [1.29, 1.82) is 0 Å². The largest absolute Gasteiger partial charge is 0.403 e. The van der Waals surface area contributed by atoms with E-state index in [2.05, 4.69) is 87.7 Å². The van der Waals surface area contributed by atoms with Crippen LogP contribution in [-0.2, 0) is 4.43 Å². The van der Waals surface area contributed by atoms with E-state index in [1.54, 1.807) is 11.8 Å². The lowest BCUT2D eigenvalue weighted by atomic mass is 10.2. The molecule has 2 aromatic carbocycles. The lowest BCUT2D eigenvalue weighted by Crippen LogP contribution is -2.68. The van der Waals surface area contributed by atoms with Crippen molar-refractivity contribution in [2.45, 2.75) is 44.8 Å². The van der Waals surface area contributed by atoms with Gasteiger partial charge in [0.25, 0.3) is 8.32 Å². The second-order valence-corrected chi connectivity index (χ2v) is 13.0. The molecule has 1 heterocycles. The third-order valence-corrected chi connectivity index (χ3v) is 11.0. The summed E-state index contributed by atoms with van der Waals surface area (Å²) in [4.78, 5) is 4.76. The number of hydrogen-bond acceptors (Lipinski definition) is 3. The molecule has 1 aliphatic rings. The Bertz CT molecular complexity index is 700. The summed E-state index contributed by atoms with van der Waals surface area (Å²) in [5.41, 5.74) is 0. The van der Waals surface area contributed by atoms with Crippen LogP contribution < -0.4 is 10.4 Å². The van der Waals surface area contributed by atoms with Gasteiger partial charge in [0.05, 0.1) is 17.7 Å². The highest BCUT2D eigenvalue weighted by Crippen LogP contribution is 2.38. The summed E-state index contributed by atoms with van der Waals surface area (Å²) in [5, 5.41) is 3.98. The Hall–Kier alpha value is -1.36. The van der Waals surface area contributed by atoms with Crippen molar-refractivity contribution in [1.82, 2.24) is 0 Å². The molecule has 0 N–H and O–H groups in total. The third-order valence-electron chi connectivity index (χ3n) is 5.15. The molecular formula is C22H29NOSSi. The highest BCUT2D eigenvalue weighted by molar-refractivity contribution is 8.13. The van der Waals surface area contributed by atoms with Gasteiger partial charge in [-0.15, -0.1) is 11.8 Å². The van der Waals surface area contributed by atoms with Crippen LogP contribution >= 0.6 is 11.8 Å². The molecule has 4 heteroatoms. The van der Waals surface area contributed by atoms with E-state index in [0.29, 0.717) is 0 Å². The van der Waals surface area contributed by atoms with Crippen LogP contribution in [0.15, 0.2) is 65.7 Å². The molecule has 0 fully saturated rings. The van der Waals surface area contributed by atoms with Gasteiger partial charge in [0, 0.05) is 0 Å². The van der Waals surface area contributed by atoms with Gasteiger partial charge in [0.15, 0.2) is 0 Å². The smallest absolute Gasteiger partial charge is 0.261 e. The van der Waals surface area contributed by atoms with Crippen LogP contribution in [0.1, 0.15) is 33.6 Å². The quantitative estimate of drug-likeness (QED) is 0.726. The summed E-state index contributed by atoms with van der Waals surface area (Å²) >= 11 is 1.77. The van der Waals surface area contributed by atoms with Crippen molar-refractivity contribution in [3.05, 3.63) is 60.7 Å². The van der Waals surface area contributed by atoms with Crippen LogP contribution in [0.5, 0.6) is 0 Å². The van der Waals surface area contributed by atoms with Gasteiger partial charge in [-0.05, 0) is 34.5 Å². The first-order valence-electron chi connectivity index (χ1n) is 9.33. The Kier molecular flexibility index (Phi) is 6.05. The van der Waals surface area contributed by atoms with Crippen LogP contribution in [0.25, 0.3) is 0 Å². The van der Waals surface area contributed by atoms with E-state index in [-0.39, 0.29) is 11.1 Å². The van der Waals surface area contributed by atoms with Gasteiger partial charge in [-0.3, -0.25) is 4.99 Å². The predicted octanol–water partition coefficient (Wildman–Crippen LogP) is 4.49. The number of rotatable bonds is 4. The Morgan fingerprint density at radius 1 is 0.962 bits per heavy atom. The summed E-state index contributed by atoms with van der Waals surface area (Å²) in [6.45, 7) is 7.77. The van der Waals surface area contributed by atoms with Crippen LogP contribution in [0.3, 0.4) is 0 Å². The molecule has 0 aliphatic carbocycles. The van der Waals surface area contributed by atoms with Crippen molar-refractivity contribution >= 4 is 35.5 Å². The van der Waals surface area contributed by atoms with Crippen molar-refractivity contribution in [3.8, 4) is 0 Å². The SMILES string of the molecule is CSC1=NCC(O[Si](c2ccccc2)(c2ccccc2)C(C)(C)C)CC1. The molecule has 0 amide bonds. The van der Waals surface area contributed by atoms with Gasteiger partial charge in [0.1, 0.15) is 0 Å². The minimum Gasteiger partial charge on any atom is -0.403 e. The Labute approximate surface area is 163 Å². The molecule has 2 aromatic rings. The zero-order chi connectivity index (χ0) is 18.6. The fourth-order valence-electron chi connectivity index (χ4n) is 3.86. The summed E-state index contributed by atoms with van der Waals surface area (Å²) in [5.74, 6) is 0. The van der Waals surface area contributed by atoms with Gasteiger partial charge >= 0.3 is 0 Å². The molecule has 0 bridgehead atoms. The normalized spacial score (nSPS) is 18.5. The zero-order valence-corrected chi connectivity index (χ0v) is 18.1. The lowest BCUT2D eigenvalue weighted by molar-refractivity contribution is 0.184. The van der Waals surface area contributed by atoms with Crippen molar-refractivity contribution in [3.63, 3.8) is 0 Å². The second kappa shape index (κ2) is 8.11. The maximum atomic E-state index is 7.13. The van der Waals surface area contributed by atoms with E-state index in [4.69, 9.17) is 9.42 Å². The monoisotopic (exact) mass is 383 g/mol. The van der Waals surface area contributed by atoms with E-state index in [9.17, 15) is 0 Å². The fraction of sp³-hybridized carbons (Fsp3) is 0.409. The first kappa shape index (κ1) is 19.4. The third kappa shape index (κ3) is 3.82. The Morgan fingerprint density at radius 3 is 1.88 bits per heavy atom. The average Bonchev–Trinajstić information content (AvgIpc) is 2.67. The van der Waals surface area contributed by atoms with Crippen LogP contribution in [0, 0.1) is 0 Å². The highest BCUT2D eigenvalue weighted by Gasteiger charge is 2.51. The Balaban J connectivity index is 2.08. The van der Waals surface area contributed by atoms with Gasteiger partial charge in [-0.2, -0.15) is 0 Å². The molecule has 1 aliphatic heterocycles. The zero-order valence-electron chi connectivity index (χ0n) is 16.2. The van der Waals surface area contributed by atoms with Crippen LogP contribution in [0.4, 0.5) is 0 Å². The minimum atomic E-state index is -2.44. The second-order valence-electron chi connectivity index (χ2n) is 7.88. The van der Waals surface area contributed by atoms with Crippen molar-refractivity contribution in [2.24, 2.45) is 4.99 Å². The molecule has 0 saturated carbocycles. The van der Waals surface area contributed by atoms with E-state index in [1.165, 1.54) is 15.4 Å². The van der Waals surface area contributed by atoms with E-state index < -0.39 is 8.32 Å². The highest BCUT2D eigenvalue weighted by atomic mass is 32.2. The average molecular weight is 384 g/mol. The van der Waals surface area contributed by atoms with Crippen LogP contribution in [0.2, 0.25) is 5.04 Å². The molecule has 1 unspecified atom stereocenters. The van der Waals surface area contributed by atoms with E-state index >= 15 is 0 Å². The summed E-state index contributed by atoms with van der Waals surface area (Å²) in [7, 11) is -2.44. The summed E-state index contributed by atoms with van der Waals surface area (Å²) < 4.78 is 7.13. The molecule has 0 radical (unpaired) electrons. The van der Waals surface area contributed by atoms with Gasteiger partial charge in [0.2, 0.25) is 0 Å². The summed E-state index contributed by atoms with van der Waals surface area (Å²) in [6.07, 6.45) is 4.40. The van der Waals surface area contributed by atoms with E-state index in [1.807, 2.05) is 0 Å². The fourth-order valence-corrected chi connectivity index (χ4v) is 9.10. The number of nitrogens with zero attached hydrogens (tertiary/aromatic N) is 1. The number of thioether (sulfide) groups is 1. The maximum absolute atomic E-state index is 7.13. The number of aliphatic imine (C=N–C) groups is 1. The van der Waals surface area contributed by atoms with Gasteiger partial charge < -0.3 is 4.43 Å². The molecule has 1 atom stereocenters. The Morgan fingerprint density at radius 2 is 1.50 bits per heavy atom. The topological polar surface area (TPSA) is 21.6 Å². The molecular weight excluding hydrogens is 354 g/mol. The predicted molar refractivity (Wildman–Crippen MR) is 118 cm³/mol. The van der Waals surface area contributed by atoms with Crippen LogP contribution in [-0.4, -0.2) is 32.3 Å². The van der Waals surface area contributed by atoms with Gasteiger partial charge in [-0.25, -0.2) is 0 Å². The molecule has 0 spiro atoms.